The molecule has 0 bridgehead atoms. The highest BCUT2D eigenvalue weighted by Crippen LogP contribution is 2.33. The minimum Gasteiger partial charge on any atom is -0.393 e. The van der Waals surface area contributed by atoms with E-state index in [4.69, 9.17) is 16.7 Å². The van der Waals surface area contributed by atoms with Gasteiger partial charge < -0.3 is 20.5 Å². The van der Waals surface area contributed by atoms with E-state index in [1.54, 1.807) is 0 Å². The summed E-state index contributed by atoms with van der Waals surface area (Å²) in [5, 5.41) is 22.5. The molecule has 5 N–H and O–H groups in total. The summed E-state index contributed by atoms with van der Waals surface area (Å²) >= 11 is 6.44. The summed E-state index contributed by atoms with van der Waals surface area (Å²) in [6.45, 7) is 0.975. The molecule has 0 spiro atoms. The molecule has 2 atom stereocenters. The highest BCUT2D eigenvalue weighted by atomic mass is 35.5. The van der Waals surface area contributed by atoms with Gasteiger partial charge in [0, 0.05) is 22.1 Å². The van der Waals surface area contributed by atoms with Crippen LogP contribution in [-0.2, 0) is 0 Å². The van der Waals surface area contributed by atoms with Gasteiger partial charge in [-0.1, -0.05) is 48.0 Å². The number of rotatable bonds is 7. The first-order valence-corrected chi connectivity index (χ1v) is 8.49. The number of aromatic nitrogens is 1. The maximum Gasteiger partial charge on any atom is 0.126 e. The lowest BCUT2D eigenvalue weighted by Crippen LogP contribution is -2.87. The molecule has 24 heavy (non-hydrogen) atoms. The van der Waals surface area contributed by atoms with E-state index in [-0.39, 0.29) is 12.5 Å². The Kier molecular flexibility index (Phi) is 5.53. The summed E-state index contributed by atoms with van der Waals surface area (Å²) in [6, 6.07) is 16.1. The Bertz CT molecular complexity index is 803. The third-order valence-electron chi connectivity index (χ3n) is 4.33. The first kappa shape index (κ1) is 17.0. The second-order valence-corrected chi connectivity index (χ2v) is 6.37. The molecule has 126 valence electrons. The van der Waals surface area contributed by atoms with Crippen molar-refractivity contribution in [2.45, 2.75) is 12.0 Å². The summed E-state index contributed by atoms with van der Waals surface area (Å²) < 4.78 is 0. The lowest BCUT2D eigenvalue weighted by atomic mass is 9.90. The lowest BCUT2D eigenvalue weighted by molar-refractivity contribution is -0.662. The Hall–Kier alpha value is -1.85. The summed E-state index contributed by atoms with van der Waals surface area (Å²) in [6.07, 6.45) is 1.33. The van der Waals surface area contributed by atoms with Crippen molar-refractivity contribution in [3.05, 3.63) is 70.9 Å². The van der Waals surface area contributed by atoms with Crippen LogP contribution in [0.5, 0.6) is 0 Å². The molecule has 3 rings (SSSR count). The largest absolute Gasteiger partial charge is 0.393 e. The van der Waals surface area contributed by atoms with Crippen molar-refractivity contribution in [3.8, 4) is 0 Å². The number of nitrogens with two attached hydrogens (primary N) is 1. The Morgan fingerprint density at radius 1 is 1.00 bits per heavy atom. The molecular weight excluding hydrogens is 324 g/mol. The van der Waals surface area contributed by atoms with Crippen LogP contribution in [0.3, 0.4) is 0 Å². The maximum atomic E-state index is 9.58. The number of hydrogen-bond donors (Lipinski definition) is 4. The number of nitrogens with one attached hydrogen (secondary N) is 1. The standard InChI is InChI=1S/C19H21ClN2O2/c20-18-7-3-1-5-14(18)16(10-21-9-13(24)12-23)17-11-22-19-8-4-2-6-15(17)19/h1-8,11,13,16,21-24H,9-10,12H2/p+1/t13-,16+/m0/s1. The van der Waals surface area contributed by atoms with Crippen LogP contribution < -0.4 is 5.32 Å². The normalized spacial score (nSPS) is 14.0. The van der Waals surface area contributed by atoms with Crippen LogP contribution in [0.15, 0.2) is 54.7 Å². The van der Waals surface area contributed by atoms with Crippen LogP contribution in [0, 0.1) is 0 Å². The number of aromatic amines is 1. The zero-order valence-electron chi connectivity index (χ0n) is 13.3. The number of para-hydroxylation sites is 1. The highest BCUT2D eigenvalue weighted by molar-refractivity contribution is 6.31. The van der Waals surface area contributed by atoms with E-state index in [9.17, 15) is 5.11 Å². The minimum atomic E-state index is -0.708. The third kappa shape index (κ3) is 3.62. The van der Waals surface area contributed by atoms with Gasteiger partial charge in [0.05, 0.1) is 19.1 Å². The van der Waals surface area contributed by atoms with Gasteiger partial charge in [0.25, 0.3) is 0 Å². The predicted octanol–water partition coefficient (Wildman–Crippen LogP) is 1.87. The van der Waals surface area contributed by atoms with Gasteiger partial charge in [-0.05, 0) is 23.3 Å². The van der Waals surface area contributed by atoms with E-state index in [1.165, 1.54) is 10.9 Å². The Balaban J connectivity index is 1.94. The van der Waals surface area contributed by atoms with Crippen LogP contribution in [0.25, 0.3) is 10.9 Å². The molecule has 0 amide bonds. The number of aliphatic hydroxyl groups is 2. The van der Waals surface area contributed by atoms with Crippen molar-refractivity contribution in [2.75, 3.05) is 19.7 Å². The molecule has 0 aliphatic carbocycles. The SMILES string of the molecule is OC[C@@H](O)C[NH2+]C[C@H](c1ccccc1Cl)c1c[nH]c2ccccc12. The second kappa shape index (κ2) is 7.81. The lowest BCUT2D eigenvalue weighted by Gasteiger charge is -2.18. The molecule has 0 fully saturated rings. The average Bonchev–Trinajstić information content (AvgIpc) is 3.03. The monoisotopic (exact) mass is 345 g/mol. The molecule has 0 saturated carbocycles. The highest BCUT2D eigenvalue weighted by Gasteiger charge is 2.22. The molecule has 1 aromatic heterocycles. The zero-order chi connectivity index (χ0) is 16.9. The maximum absolute atomic E-state index is 9.58. The quantitative estimate of drug-likeness (QED) is 0.528. The number of benzene rings is 2. The number of H-pyrrole nitrogens is 1. The van der Waals surface area contributed by atoms with E-state index in [0.717, 1.165) is 22.6 Å². The van der Waals surface area contributed by atoms with Crippen LogP contribution in [0.4, 0.5) is 0 Å². The van der Waals surface area contributed by atoms with Gasteiger partial charge in [0.15, 0.2) is 0 Å². The van der Waals surface area contributed by atoms with Gasteiger partial charge in [0.1, 0.15) is 12.6 Å². The molecule has 4 nitrogen and oxygen atoms in total. The van der Waals surface area contributed by atoms with Crippen LogP contribution in [0.2, 0.25) is 5.02 Å². The molecule has 0 aliphatic heterocycles. The number of halogens is 1. The molecule has 2 aromatic carbocycles. The van der Waals surface area contributed by atoms with Crippen molar-refractivity contribution in [3.63, 3.8) is 0 Å². The molecule has 5 heteroatoms. The number of hydrogen-bond acceptors (Lipinski definition) is 2. The topological polar surface area (TPSA) is 72.9 Å². The van der Waals surface area contributed by atoms with Crippen LogP contribution in [-0.4, -0.2) is 41.0 Å². The van der Waals surface area contributed by atoms with E-state index < -0.39 is 6.10 Å². The van der Waals surface area contributed by atoms with E-state index in [1.807, 2.05) is 47.9 Å². The third-order valence-corrected chi connectivity index (χ3v) is 4.67. The van der Waals surface area contributed by atoms with E-state index >= 15 is 0 Å². The first-order valence-electron chi connectivity index (χ1n) is 8.11. The molecule has 0 aliphatic rings. The first-order chi connectivity index (χ1) is 11.7. The number of quaternary nitrogens is 1. The van der Waals surface area contributed by atoms with E-state index in [2.05, 4.69) is 17.1 Å². The van der Waals surface area contributed by atoms with Crippen molar-refractivity contribution in [1.82, 2.24) is 4.98 Å². The predicted molar refractivity (Wildman–Crippen MR) is 96.3 cm³/mol. The van der Waals surface area contributed by atoms with Gasteiger partial charge in [-0.2, -0.15) is 0 Å². The van der Waals surface area contributed by atoms with E-state index in [0.29, 0.717) is 6.54 Å². The molecule has 0 radical (unpaired) electrons. The Morgan fingerprint density at radius 3 is 2.54 bits per heavy atom. The van der Waals surface area contributed by atoms with Gasteiger partial charge in [-0.3, -0.25) is 0 Å². The second-order valence-electron chi connectivity index (χ2n) is 5.96. The summed E-state index contributed by atoms with van der Waals surface area (Å²) in [5.41, 5.74) is 3.35. The fourth-order valence-corrected chi connectivity index (χ4v) is 3.36. The minimum absolute atomic E-state index is 0.0979. The fourth-order valence-electron chi connectivity index (χ4n) is 3.09. The zero-order valence-corrected chi connectivity index (χ0v) is 14.1. The summed E-state index contributed by atoms with van der Waals surface area (Å²) in [7, 11) is 0. The van der Waals surface area contributed by atoms with Crippen molar-refractivity contribution < 1.29 is 15.5 Å². The smallest absolute Gasteiger partial charge is 0.126 e. The summed E-state index contributed by atoms with van der Waals surface area (Å²) in [5.74, 6) is 0.0979. The Morgan fingerprint density at radius 2 is 1.75 bits per heavy atom. The van der Waals surface area contributed by atoms with Crippen molar-refractivity contribution >= 4 is 22.5 Å². The van der Waals surface area contributed by atoms with Gasteiger partial charge in [0.2, 0.25) is 0 Å². The number of aliphatic hydroxyl groups excluding tert-OH is 2. The van der Waals surface area contributed by atoms with Gasteiger partial charge in [-0.15, -0.1) is 0 Å². The van der Waals surface area contributed by atoms with Gasteiger partial charge in [-0.25, -0.2) is 0 Å². The molecular formula is C19H22ClN2O2+. The molecule has 0 saturated heterocycles. The molecule has 0 unspecified atom stereocenters. The van der Waals surface area contributed by atoms with Crippen LogP contribution in [0.1, 0.15) is 17.0 Å². The fraction of sp³-hybridized carbons (Fsp3) is 0.263. The number of fused-ring (bicyclic) bond motifs is 1. The summed E-state index contributed by atoms with van der Waals surface area (Å²) in [4.78, 5) is 3.32. The van der Waals surface area contributed by atoms with Gasteiger partial charge >= 0.3 is 0 Å². The van der Waals surface area contributed by atoms with Crippen molar-refractivity contribution in [1.29, 1.82) is 0 Å². The Labute approximate surface area is 146 Å². The molecule has 3 aromatic rings. The average molecular weight is 346 g/mol. The van der Waals surface area contributed by atoms with Crippen molar-refractivity contribution in [2.24, 2.45) is 0 Å². The van der Waals surface area contributed by atoms with Crippen LogP contribution >= 0.6 is 11.6 Å². The molecule has 1 heterocycles.